The van der Waals surface area contributed by atoms with Crippen molar-refractivity contribution < 1.29 is 14.3 Å². The van der Waals surface area contributed by atoms with E-state index in [0.717, 1.165) is 19.3 Å². The van der Waals surface area contributed by atoms with Gasteiger partial charge in [0.2, 0.25) is 5.78 Å². The van der Waals surface area contributed by atoms with Gasteiger partial charge in [0.15, 0.2) is 6.10 Å². The van der Waals surface area contributed by atoms with Gasteiger partial charge in [0.05, 0.1) is 11.8 Å². The fraction of sp³-hybridized carbons (Fsp3) is 0.353. The van der Waals surface area contributed by atoms with Crippen LogP contribution >= 0.6 is 0 Å². The summed E-state index contributed by atoms with van der Waals surface area (Å²) in [4.78, 5) is 24.4. The number of benzene rings is 1. The summed E-state index contributed by atoms with van der Waals surface area (Å²) in [6, 6.07) is 5.76. The number of carbonyl (C=O) groups is 2. The summed E-state index contributed by atoms with van der Waals surface area (Å²) in [5.74, 6) is -0.706. The summed E-state index contributed by atoms with van der Waals surface area (Å²) in [5.41, 5.74) is 3.50. The Kier molecular flexibility index (Phi) is 3.79. The molecule has 0 amide bonds. The maximum absolute atomic E-state index is 12.4. The molecule has 1 aliphatic rings. The van der Waals surface area contributed by atoms with Gasteiger partial charge in [-0.25, -0.2) is 4.79 Å². The fourth-order valence-corrected chi connectivity index (χ4v) is 2.77. The average molecular weight is 298 g/mol. The maximum Gasteiger partial charge on any atom is 0.342 e. The Morgan fingerprint density at radius 3 is 2.73 bits per heavy atom. The Hall–Kier alpha value is -2.43. The van der Waals surface area contributed by atoms with Crippen molar-refractivity contribution >= 4 is 11.8 Å². The molecule has 1 aromatic carbocycles. The number of rotatable bonds is 4. The predicted octanol–water partition coefficient (Wildman–Crippen LogP) is 2.34. The number of nitrogens with zero attached hydrogens (tertiary/aromatic N) is 2. The lowest BCUT2D eigenvalue weighted by molar-refractivity contribution is 0.0318. The highest BCUT2D eigenvalue weighted by Gasteiger charge is 2.22. The van der Waals surface area contributed by atoms with E-state index >= 15 is 0 Å². The number of hydrogen-bond acceptors (Lipinski definition) is 4. The van der Waals surface area contributed by atoms with E-state index in [2.05, 4.69) is 5.10 Å². The first kappa shape index (κ1) is 14.5. The van der Waals surface area contributed by atoms with Crippen molar-refractivity contribution in [2.45, 2.75) is 32.3 Å². The minimum Gasteiger partial charge on any atom is -0.451 e. The summed E-state index contributed by atoms with van der Waals surface area (Å²) in [7, 11) is 1.72. The van der Waals surface area contributed by atoms with Crippen LogP contribution in [0.25, 0.3) is 0 Å². The van der Waals surface area contributed by atoms with Gasteiger partial charge in [-0.15, -0.1) is 0 Å². The molecule has 3 rings (SSSR count). The van der Waals surface area contributed by atoms with Crippen LogP contribution in [-0.4, -0.2) is 27.6 Å². The SMILES string of the molecule is C[C@@H](OC(=O)c1cnn(C)c1)C(=O)c1ccc2c(c1)CCC2. The second-order valence-corrected chi connectivity index (χ2v) is 5.65. The third-order valence-corrected chi connectivity index (χ3v) is 3.98. The van der Waals surface area contributed by atoms with Gasteiger partial charge in [0.25, 0.3) is 0 Å². The number of carbonyl (C=O) groups excluding carboxylic acids is 2. The zero-order valence-corrected chi connectivity index (χ0v) is 12.7. The molecular weight excluding hydrogens is 280 g/mol. The second kappa shape index (κ2) is 5.75. The number of ketones is 1. The molecule has 1 aromatic heterocycles. The molecular formula is C17H18N2O3. The Labute approximate surface area is 128 Å². The van der Waals surface area contributed by atoms with Gasteiger partial charge >= 0.3 is 5.97 Å². The van der Waals surface area contributed by atoms with Crippen molar-refractivity contribution in [3.05, 3.63) is 52.8 Å². The molecule has 2 aromatic rings. The summed E-state index contributed by atoms with van der Waals surface area (Å²) in [5, 5.41) is 3.92. The molecule has 5 heteroatoms. The monoisotopic (exact) mass is 298 g/mol. The fourth-order valence-electron chi connectivity index (χ4n) is 2.77. The molecule has 1 heterocycles. The summed E-state index contributed by atoms with van der Waals surface area (Å²) < 4.78 is 6.76. The van der Waals surface area contributed by atoms with Crippen LogP contribution in [-0.2, 0) is 24.6 Å². The molecule has 5 nitrogen and oxygen atoms in total. The molecule has 22 heavy (non-hydrogen) atoms. The highest BCUT2D eigenvalue weighted by atomic mass is 16.5. The van der Waals surface area contributed by atoms with Gasteiger partial charge in [0, 0.05) is 18.8 Å². The van der Waals surface area contributed by atoms with Crippen molar-refractivity contribution in [2.24, 2.45) is 7.05 Å². The molecule has 114 valence electrons. The molecule has 0 N–H and O–H groups in total. The van der Waals surface area contributed by atoms with E-state index in [9.17, 15) is 9.59 Å². The first-order valence-corrected chi connectivity index (χ1v) is 7.40. The molecule has 0 spiro atoms. The molecule has 0 aliphatic heterocycles. The van der Waals surface area contributed by atoms with E-state index in [1.807, 2.05) is 18.2 Å². The van der Waals surface area contributed by atoms with Gasteiger partial charge < -0.3 is 4.74 Å². The van der Waals surface area contributed by atoms with Gasteiger partial charge in [-0.05, 0) is 43.4 Å². The number of Topliss-reactive ketones (excluding diaryl/α,β-unsaturated/α-hetero) is 1. The van der Waals surface area contributed by atoms with Gasteiger partial charge in [-0.1, -0.05) is 12.1 Å². The Morgan fingerprint density at radius 2 is 2.00 bits per heavy atom. The minimum absolute atomic E-state index is 0.174. The van der Waals surface area contributed by atoms with Crippen molar-refractivity contribution in [1.82, 2.24) is 9.78 Å². The molecule has 0 saturated carbocycles. The summed E-state index contributed by atoms with van der Waals surface area (Å²) in [6.45, 7) is 1.60. The number of hydrogen-bond donors (Lipinski definition) is 0. The van der Waals surface area contributed by atoms with E-state index in [0.29, 0.717) is 11.1 Å². The predicted molar refractivity (Wildman–Crippen MR) is 80.9 cm³/mol. The molecule has 0 unspecified atom stereocenters. The van der Waals surface area contributed by atoms with E-state index in [4.69, 9.17) is 4.74 Å². The van der Waals surface area contributed by atoms with Crippen LogP contribution in [0.1, 0.15) is 45.2 Å². The van der Waals surface area contributed by atoms with Crippen LogP contribution < -0.4 is 0 Å². The third kappa shape index (κ3) is 2.79. The zero-order valence-electron chi connectivity index (χ0n) is 12.7. The van der Waals surface area contributed by atoms with Crippen molar-refractivity contribution in [3.8, 4) is 0 Å². The quantitative estimate of drug-likeness (QED) is 0.642. The first-order chi connectivity index (χ1) is 10.5. The third-order valence-electron chi connectivity index (χ3n) is 3.98. The molecule has 1 atom stereocenters. The van der Waals surface area contributed by atoms with Crippen molar-refractivity contribution in [2.75, 3.05) is 0 Å². The van der Waals surface area contributed by atoms with Crippen LogP contribution in [0.15, 0.2) is 30.6 Å². The van der Waals surface area contributed by atoms with E-state index in [-0.39, 0.29) is 5.78 Å². The standard InChI is InChI=1S/C17H18N2O3/c1-11(22-17(21)15-9-18-19(2)10-15)16(20)14-7-6-12-4-3-5-13(12)8-14/h6-11H,3-5H2,1-2H3/t11-/m1/s1. The number of aromatic nitrogens is 2. The second-order valence-electron chi connectivity index (χ2n) is 5.65. The van der Waals surface area contributed by atoms with Crippen LogP contribution in [0.3, 0.4) is 0 Å². The Bertz CT molecular complexity index is 733. The lowest BCUT2D eigenvalue weighted by atomic mass is 10.0. The maximum atomic E-state index is 12.4. The largest absolute Gasteiger partial charge is 0.451 e. The van der Waals surface area contributed by atoms with Gasteiger partial charge in [-0.2, -0.15) is 5.10 Å². The smallest absolute Gasteiger partial charge is 0.342 e. The minimum atomic E-state index is -0.813. The highest BCUT2D eigenvalue weighted by molar-refractivity contribution is 6.01. The Balaban J connectivity index is 1.70. The van der Waals surface area contributed by atoms with Crippen LogP contribution in [0, 0.1) is 0 Å². The number of fused-ring (bicyclic) bond motifs is 1. The molecule has 0 bridgehead atoms. The topological polar surface area (TPSA) is 61.2 Å². The van der Waals surface area contributed by atoms with E-state index < -0.39 is 12.1 Å². The van der Waals surface area contributed by atoms with Gasteiger partial charge in [-0.3, -0.25) is 9.48 Å². The van der Waals surface area contributed by atoms with Crippen LogP contribution in [0.4, 0.5) is 0 Å². The van der Waals surface area contributed by atoms with Crippen LogP contribution in [0.5, 0.6) is 0 Å². The van der Waals surface area contributed by atoms with E-state index in [1.165, 1.54) is 22.0 Å². The van der Waals surface area contributed by atoms with E-state index in [1.54, 1.807) is 20.2 Å². The lowest BCUT2D eigenvalue weighted by Gasteiger charge is -2.12. The molecule has 1 aliphatic carbocycles. The lowest BCUT2D eigenvalue weighted by Crippen LogP contribution is -2.24. The molecule has 0 fully saturated rings. The zero-order chi connectivity index (χ0) is 15.7. The normalized spacial score (nSPS) is 14.5. The average Bonchev–Trinajstić information content (AvgIpc) is 3.13. The molecule has 0 saturated heterocycles. The van der Waals surface area contributed by atoms with Crippen LogP contribution in [0.2, 0.25) is 0 Å². The number of aryl methyl sites for hydroxylation is 3. The summed E-state index contributed by atoms with van der Waals surface area (Å²) >= 11 is 0. The number of esters is 1. The first-order valence-electron chi connectivity index (χ1n) is 7.40. The highest BCUT2D eigenvalue weighted by Crippen LogP contribution is 2.23. The van der Waals surface area contributed by atoms with Crippen molar-refractivity contribution in [3.63, 3.8) is 0 Å². The molecule has 0 radical (unpaired) electrons. The number of ether oxygens (including phenoxy) is 1. The van der Waals surface area contributed by atoms with Gasteiger partial charge in [0.1, 0.15) is 0 Å². The van der Waals surface area contributed by atoms with Crippen molar-refractivity contribution in [1.29, 1.82) is 0 Å². The summed E-state index contributed by atoms with van der Waals surface area (Å²) in [6.07, 6.45) is 5.41. The Morgan fingerprint density at radius 1 is 1.23 bits per heavy atom.